The second-order valence-corrected chi connectivity index (χ2v) is 4.23. The molecule has 16 heavy (non-hydrogen) atoms. The Morgan fingerprint density at radius 2 is 2.25 bits per heavy atom. The largest absolute Gasteiger partial charge is 0.380 e. The number of fused-ring (bicyclic) bond motifs is 1. The first-order valence-electron chi connectivity index (χ1n) is 5.47. The summed E-state index contributed by atoms with van der Waals surface area (Å²) in [5.74, 6) is -0.160. The van der Waals surface area contributed by atoms with Crippen molar-refractivity contribution in [2.75, 3.05) is 36.5 Å². The molecule has 0 atom stereocenters. The first-order valence-corrected chi connectivity index (χ1v) is 5.47. The van der Waals surface area contributed by atoms with E-state index in [0.29, 0.717) is 5.69 Å². The van der Waals surface area contributed by atoms with Gasteiger partial charge in [0.15, 0.2) is 0 Å². The smallest absolute Gasteiger partial charge is 0.147 e. The van der Waals surface area contributed by atoms with E-state index < -0.39 is 0 Å². The van der Waals surface area contributed by atoms with E-state index in [0.717, 1.165) is 43.1 Å². The van der Waals surface area contributed by atoms with Crippen molar-refractivity contribution in [3.05, 3.63) is 30.1 Å². The number of anilines is 2. The van der Waals surface area contributed by atoms with Gasteiger partial charge in [-0.15, -0.1) is 0 Å². The molecule has 0 amide bonds. The number of halogens is 1. The molecule has 2 aliphatic heterocycles. The molecule has 0 spiro atoms. The minimum atomic E-state index is -0.160. The molecule has 2 heterocycles. The van der Waals surface area contributed by atoms with Gasteiger partial charge >= 0.3 is 0 Å². The maximum absolute atomic E-state index is 13.9. The summed E-state index contributed by atoms with van der Waals surface area (Å²) in [4.78, 5) is 2.01. The molecule has 2 aliphatic rings. The van der Waals surface area contributed by atoms with Crippen molar-refractivity contribution in [1.29, 1.82) is 0 Å². The summed E-state index contributed by atoms with van der Waals surface area (Å²) in [6.07, 6.45) is 0. The van der Waals surface area contributed by atoms with E-state index in [4.69, 9.17) is 0 Å². The third kappa shape index (κ3) is 1.38. The molecule has 0 saturated carbocycles. The fraction of sp³-hybridized carbons (Fsp3) is 0.333. The molecule has 1 aromatic carbocycles. The van der Waals surface area contributed by atoms with Crippen LogP contribution in [0, 0.1) is 5.82 Å². The van der Waals surface area contributed by atoms with E-state index >= 15 is 0 Å². The van der Waals surface area contributed by atoms with E-state index in [-0.39, 0.29) is 5.82 Å². The van der Waals surface area contributed by atoms with E-state index in [1.165, 1.54) is 0 Å². The topological polar surface area (TPSA) is 27.3 Å². The number of nitrogens with one attached hydrogen (secondary N) is 2. The molecule has 0 bridgehead atoms. The van der Waals surface area contributed by atoms with Crippen molar-refractivity contribution in [3.8, 4) is 0 Å². The SMILES string of the molecule is C=C1CNc2cc(N3CCNC3)c(F)cc21. The molecule has 1 fully saturated rings. The Bertz CT molecular complexity index is 450. The first-order chi connectivity index (χ1) is 7.75. The van der Waals surface area contributed by atoms with Crippen molar-refractivity contribution in [2.45, 2.75) is 0 Å². The van der Waals surface area contributed by atoms with Crippen LogP contribution in [0.3, 0.4) is 0 Å². The Balaban J connectivity index is 2.04. The predicted octanol–water partition coefficient (Wildman–Crippen LogP) is 1.63. The van der Waals surface area contributed by atoms with Gasteiger partial charge in [0.2, 0.25) is 0 Å². The van der Waals surface area contributed by atoms with Crippen molar-refractivity contribution in [3.63, 3.8) is 0 Å². The molecular weight excluding hydrogens is 205 g/mol. The van der Waals surface area contributed by atoms with Crippen molar-refractivity contribution < 1.29 is 4.39 Å². The van der Waals surface area contributed by atoms with Crippen LogP contribution in [0.1, 0.15) is 5.56 Å². The first kappa shape index (κ1) is 9.66. The Morgan fingerprint density at radius 1 is 1.38 bits per heavy atom. The van der Waals surface area contributed by atoms with Crippen LogP contribution >= 0.6 is 0 Å². The summed E-state index contributed by atoms with van der Waals surface area (Å²) in [6.45, 7) is 7.12. The molecule has 0 radical (unpaired) electrons. The molecule has 1 aromatic rings. The van der Waals surface area contributed by atoms with Crippen LogP contribution in [0.15, 0.2) is 18.7 Å². The average Bonchev–Trinajstić information content (AvgIpc) is 2.89. The number of rotatable bonds is 1. The lowest BCUT2D eigenvalue weighted by atomic mass is 10.1. The van der Waals surface area contributed by atoms with Gasteiger partial charge in [0.25, 0.3) is 0 Å². The highest BCUT2D eigenvalue weighted by Gasteiger charge is 2.21. The van der Waals surface area contributed by atoms with Gasteiger partial charge in [-0.25, -0.2) is 4.39 Å². The number of nitrogens with zero attached hydrogens (tertiary/aromatic N) is 1. The van der Waals surface area contributed by atoms with Gasteiger partial charge in [0.05, 0.1) is 12.4 Å². The zero-order valence-electron chi connectivity index (χ0n) is 9.02. The highest BCUT2D eigenvalue weighted by atomic mass is 19.1. The highest BCUT2D eigenvalue weighted by molar-refractivity contribution is 5.85. The fourth-order valence-electron chi connectivity index (χ4n) is 2.25. The monoisotopic (exact) mass is 219 g/mol. The summed E-state index contributed by atoms with van der Waals surface area (Å²) in [5.41, 5.74) is 3.53. The van der Waals surface area contributed by atoms with Gasteiger partial charge in [0, 0.05) is 30.9 Å². The summed E-state index contributed by atoms with van der Waals surface area (Å²) in [5, 5.41) is 6.42. The minimum absolute atomic E-state index is 0.160. The lowest BCUT2D eigenvalue weighted by molar-refractivity contribution is 0.622. The Kier molecular flexibility index (Phi) is 2.11. The fourth-order valence-corrected chi connectivity index (χ4v) is 2.25. The average molecular weight is 219 g/mol. The number of benzene rings is 1. The van der Waals surface area contributed by atoms with Crippen molar-refractivity contribution >= 4 is 16.9 Å². The third-order valence-corrected chi connectivity index (χ3v) is 3.16. The zero-order valence-corrected chi connectivity index (χ0v) is 9.02. The summed E-state index contributed by atoms with van der Waals surface area (Å²) < 4.78 is 13.9. The molecule has 3 rings (SSSR count). The Hall–Kier alpha value is -1.55. The third-order valence-electron chi connectivity index (χ3n) is 3.16. The molecule has 0 unspecified atom stereocenters. The Morgan fingerprint density at radius 3 is 3.00 bits per heavy atom. The Labute approximate surface area is 93.9 Å². The maximum Gasteiger partial charge on any atom is 0.147 e. The second-order valence-electron chi connectivity index (χ2n) is 4.23. The standard InChI is InChI=1S/C12H14FN3/c1-8-6-15-11-5-12(10(13)4-9(8)11)16-3-2-14-7-16/h4-5,14-15H,1-3,6-7H2. The van der Waals surface area contributed by atoms with Gasteiger partial charge in [-0.2, -0.15) is 0 Å². The quantitative estimate of drug-likeness (QED) is 0.751. The van der Waals surface area contributed by atoms with E-state index in [1.807, 2.05) is 11.0 Å². The second kappa shape index (κ2) is 3.49. The highest BCUT2D eigenvalue weighted by Crippen LogP contribution is 2.35. The van der Waals surface area contributed by atoms with Crippen molar-refractivity contribution in [1.82, 2.24) is 5.32 Å². The van der Waals surface area contributed by atoms with Gasteiger partial charge in [-0.1, -0.05) is 6.58 Å². The minimum Gasteiger partial charge on any atom is -0.380 e. The molecule has 0 aromatic heterocycles. The van der Waals surface area contributed by atoms with E-state index in [2.05, 4.69) is 17.2 Å². The van der Waals surface area contributed by atoms with Crippen LogP contribution in [0.25, 0.3) is 5.57 Å². The van der Waals surface area contributed by atoms with Crippen LogP contribution in [0.2, 0.25) is 0 Å². The molecule has 4 heteroatoms. The summed E-state index contributed by atoms with van der Waals surface area (Å²) in [7, 11) is 0. The molecular formula is C12H14FN3. The predicted molar refractivity (Wildman–Crippen MR) is 64.1 cm³/mol. The molecule has 84 valence electrons. The molecule has 1 saturated heterocycles. The van der Waals surface area contributed by atoms with Crippen LogP contribution < -0.4 is 15.5 Å². The molecule has 2 N–H and O–H groups in total. The van der Waals surface area contributed by atoms with Gasteiger partial charge in [0.1, 0.15) is 5.82 Å². The normalized spacial score (nSPS) is 18.8. The number of hydrogen-bond acceptors (Lipinski definition) is 3. The lowest BCUT2D eigenvalue weighted by Crippen LogP contribution is -2.22. The van der Waals surface area contributed by atoms with E-state index in [9.17, 15) is 4.39 Å². The van der Waals surface area contributed by atoms with Crippen LogP contribution in [-0.4, -0.2) is 26.3 Å². The number of hydrogen-bond donors (Lipinski definition) is 2. The van der Waals surface area contributed by atoms with Crippen LogP contribution in [0.4, 0.5) is 15.8 Å². The summed E-state index contributed by atoms with van der Waals surface area (Å²) >= 11 is 0. The van der Waals surface area contributed by atoms with Gasteiger partial charge in [-0.05, 0) is 17.7 Å². The van der Waals surface area contributed by atoms with Crippen molar-refractivity contribution in [2.24, 2.45) is 0 Å². The maximum atomic E-state index is 13.9. The zero-order chi connectivity index (χ0) is 11.1. The lowest BCUT2D eigenvalue weighted by Gasteiger charge is -2.18. The molecule has 3 nitrogen and oxygen atoms in total. The van der Waals surface area contributed by atoms with Gasteiger partial charge in [-0.3, -0.25) is 5.32 Å². The van der Waals surface area contributed by atoms with E-state index in [1.54, 1.807) is 6.07 Å². The molecule has 0 aliphatic carbocycles. The van der Waals surface area contributed by atoms with Gasteiger partial charge < -0.3 is 10.2 Å². The van der Waals surface area contributed by atoms with Crippen LogP contribution in [0.5, 0.6) is 0 Å². The summed E-state index contributed by atoms with van der Waals surface area (Å²) in [6, 6.07) is 3.47. The van der Waals surface area contributed by atoms with Crippen LogP contribution in [-0.2, 0) is 0 Å².